The number of amides is 2. The maximum Gasteiger partial charge on any atom is 0.314 e. The highest BCUT2D eigenvalue weighted by Crippen LogP contribution is 2.56. The van der Waals surface area contributed by atoms with Gasteiger partial charge in [-0.2, -0.15) is 0 Å². The van der Waals surface area contributed by atoms with Crippen molar-refractivity contribution in [3.05, 3.63) is 0 Å². The van der Waals surface area contributed by atoms with Gasteiger partial charge in [0.2, 0.25) is 0 Å². The zero-order valence-corrected chi connectivity index (χ0v) is 11.7. The molecule has 5 aliphatic rings. The lowest BCUT2D eigenvalue weighted by atomic mass is 9.82. The fourth-order valence-corrected chi connectivity index (χ4v) is 5.07. The van der Waals surface area contributed by atoms with Crippen LogP contribution in [0.1, 0.15) is 44.9 Å². The highest BCUT2D eigenvalue weighted by molar-refractivity contribution is 5.73. The van der Waals surface area contributed by atoms with Crippen molar-refractivity contribution in [2.75, 3.05) is 13.1 Å². The Morgan fingerprint density at radius 1 is 0.947 bits per heavy atom. The molecule has 5 rings (SSSR count). The van der Waals surface area contributed by atoms with Crippen LogP contribution in [0, 0.1) is 35.5 Å². The smallest absolute Gasteiger partial charge is 0.314 e. The first kappa shape index (κ1) is 12.0. The van der Waals surface area contributed by atoms with Crippen molar-refractivity contribution in [1.82, 2.24) is 10.6 Å². The molecule has 5 aliphatic carbocycles. The maximum atomic E-state index is 11.8. The Labute approximate surface area is 115 Å². The fraction of sp³-hybridized carbons (Fsp3) is 0.938. The number of nitrogens with one attached hydrogen (secondary N) is 2. The molecule has 2 bridgehead atoms. The highest BCUT2D eigenvalue weighted by atomic mass is 16.2. The third-order valence-electron chi connectivity index (χ3n) is 6.39. The predicted octanol–water partition coefficient (Wildman–Crippen LogP) is 2.77. The van der Waals surface area contributed by atoms with Crippen LogP contribution in [0.15, 0.2) is 0 Å². The molecular weight excluding hydrogens is 236 g/mol. The minimum atomic E-state index is 0.0643. The van der Waals surface area contributed by atoms with Crippen molar-refractivity contribution in [1.29, 1.82) is 0 Å². The number of urea groups is 1. The Morgan fingerprint density at radius 2 is 1.84 bits per heavy atom. The molecule has 0 heterocycles. The number of carbonyl (C=O) groups is 1. The lowest BCUT2D eigenvalue weighted by Crippen LogP contribution is -2.39. The molecule has 106 valence electrons. The van der Waals surface area contributed by atoms with Crippen LogP contribution in [0.3, 0.4) is 0 Å². The molecule has 19 heavy (non-hydrogen) atoms. The molecule has 4 atom stereocenters. The van der Waals surface area contributed by atoms with Crippen LogP contribution in [0.4, 0.5) is 4.79 Å². The minimum Gasteiger partial charge on any atom is -0.338 e. The monoisotopic (exact) mass is 262 g/mol. The van der Waals surface area contributed by atoms with Gasteiger partial charge in [-0.3, -0.25) is 0 Å². The third-order valence-corrected chi connectivity index (χ3v) is 6.39. The lowest BCUT2D eigenvalue weighted by Gasteiger charge is -2.24. The van der Waals surface area contributed by atoms with Gasteiger partial charge in [-0.25, -0.2) is 4.79 Å². The summed E-state index contributed by atoms with van der Waals surface area (Å²) in [6.07, 6.45) is 9.74. The predicted molar refractivity (Wildman–Crippen MR) is 74.7 cm³/mol. The van der Waals surface area contributed by atoms with Gasteiger partial charge in [0.25, 0.3) is 0 Å². The third kappa shape index (κ3) is 2.36. The van der Waals surface area contributed by atoms with E-state index in [1.165, 1.54) is 44.9 Å². The second-order valence-electron chi connectivity index (χ2n) is 7.52. The van der Waals surface area contributed by atoms with Gasteiger partial charge in [0.15, 0.2) is 0 Å². The molecule has 3 nitrogen and oxygen atoms in total. The fourth-order valence-electron chi connectivity index (χ4n) is 5.07. The molecule has 0 aliphatic heterocycles. The van der Waals surface area contributed by atoms with Crippen molar-refractivity contribution >= 4 is 6.03 Å². The van der Waals surface area contributed by atoms with Crippen LogP contribution in [0.2, 0.25) is 0 Å². The summed E-state index contributed by atoms with van der Waals surface area (Å²) in [5, 5.41) is 6.13. The Morgan fingerprint density at radius 3 is 2.47 bits per heavy atom. The summed E-state index contributed by atoms with van der Waals surface area (Å²) in [7, 11) is 0. The van der Waals surface area contributed by atoms with E-state index < -0.39 is 0 Å². The number of hydrogen-bond acceptors (Lipinski definition) is 1. The van der Waals surface area contributed by atoms with E-state index in [0.29, 0.717) is 0 Å². The van der Waals surface area contributed by atoms with Crippen molar-refractivity contribution in [3.63, 3.8) is 0 Å². The molecule has 0 spiro atoms. The van der Waals surface area contributed by atoms with E-state index >= 15 is 0 Å². The highest BCUT2D eigenvalue weighted by Gasteiger charge is 2.47. The zero-order chi connectivity index (χ0) is 12.8. The maximum absolute atomic E-state index is 11.8. The Kier molecular flexibility index (Phi) is 2.96. The van der Waals surface area contributed by atoms with E-state index in [4.69, 9.17) is 0 Å². The molecule has 0 aromatic rings. The molecule has 0 saturated heterocycles. The molecule has 5 fully saturated rings. The van der Waals surface area contributed by atoms with E-state index in [1.807, 2.05) is 0 Å². The normalized spacial score (nSPS) is 45.5. The Hall–Kier alpha value is -0.730. The standard InChI is InChI=1S/C16H26N2O/c19-16(18-9-14-7-10-5-13(14)6-10)17-4-3-11-1-2-12-8-15(11)12/h10-15H,1-9H2,(H2,17,18,19). The first-order valence-electron chi connectivity index (χ1n) is 8.31. The van der Waals surface area contributed by atoms with Crippen molar-refractivity contribution in [2.45, 2.75) is 44.9 Å². The second kappa shape index (κ2) is 4.68. The molecule has 5 saturated carbocycles. The van der Waals surface area contributed by atoms with Crippen LogP contribution in [0.25, 0.3) is 0 Å². The van der Waals surface area contributed by atoms with Gasteiger partial charge in [-0.15, -0.1) is 0 Å². The summed E-state index contributed by atoms with van der Waals surface area (Å²) in [6.45, 7) is 1.78. The molecule has 0 radical (unpaired) electrons. The number of hydrogen-bond donors (Lipinski definition) is 2. The number of carbonyl (C=O) groups excluding carboxylic acids is 1. The molecule has 0 aromatic carbocycles. The first-order chi connectivity index (χ1) is 9.29. The SMILES string of the molecule is O=C(NCCC1CCC2CC12)NCC1CC2CC1C2. The molecule has 2 N–H and O–H groups in total. The van der Waals surface area contributed by atoms with Gasteiger partial charge in [0.1, 0.15) is 0 Å². The Balaban J connectivity index is 1.10. The van der Waals surface area contributed by atoms with E-state index in [-0.39, 0.29) is 6.03 Å². The van der Waals surface area contributed by atoms with E-state index in [9.17, 15) is 4.79 Å². The van der Waals surface area contributed by atoms with Crippen LogP contribution >= 0.6 is 0 Å². The molecule has 2 amide bonds. The van der Waals surface area contributed by atoms with Gasteiger partial charge in [-0.05, 0) is 80.5 Å². The lowest BCUT2D eigenvalue weighted by molar-refractivity contribution is 0.233. The molecular formula is C16H26N2O. The van der Waals surface area contributed by atoms with Crippen LogP contribution in [0.5, 0.6) is 0 Å². The Bertz CT molecular complexity index is 364. The number of fused-ring (bicyclic) bond motifs is 2. The zero-order valence-electron chi connectivity index (χ0n) is 11.7. The van der Waals surface area contributed by atoms with Crippen LogP contribution < -0.4 is 10.6 Å². The first-order valence-corrected chi connectivity index (χ1v) is 8.31. The summed E-state index contributed by atoms with van der Waals surface area (Å²) in [6, 6.07) is 0.0643. The van der Waals surface area contributed by atoms with Crippen LogP contribution in [-0.4, -0.2) is 19.1 Å². The van der Waals surface area contributed by atoms with E-state index in [2.05, 4.69) is 10.6 Å². The molecule has 3 heteroatoms. The van der Waals surface area contributed by atoms with Gasteiger partial charge in [-0.1, -0.05) is 0 Å². The van der Waals surface area contributed by atoms with E-state index in [1.54, 1.807) is 0 Å². The summed E-state index contributed by atoms with van der Waals surface area (Å²) in [4.78, 5) is 11.8. The van der Waals surface area contributed by atoms with Crippen molar-refractivity contribution in [2.24, 2.45) is 35.5 Å². The van der Waals surface area contributed by atoms with Crippen molar-refractivity contribution < 1.29 is 4.79 Å². The summed E-state index contributed by atoms with van der Waals surface area (Å²) in [5.41, 5.74) is 0. The van der Waals surface area contributed by atoms with E-state index in [0.717, 1.165) is 48.6 Å². The summed E-state index contributed by atoms with van der Waals surface area (Å²) in [5.74, 6) is 5.69. The van der Waals surface area contributed by atoms with Gasteiger partial charge in [0.05, 0.1) is 0 Å². The average molecular weight is 262 g/mol. The summed E-state index contributed by atoms with van der Waals surface area (Å²) < 4.78 is 0. The second-order valence-corrected chi connectivity index (χ2v) is 7.52. The minimum absolute atomic E-state index is 0.0643. The molecule has 4 unspecified atom stereocenters. The van der Waals surface area contributed by atoms with Crippen molar-refractivity contribution in [3.8, 4) is 0 Å². The molecule has 0 aromatic heterocycles. The largest absolute Gasteiger partial charge is 0.338 e. The topological polar surface area (TPSA) is 41.1 Å². The number of rotatable bonds is 5. The quantitative estimate of drug-likeness (QED) is 0.786. The van der Waals surface area contributed by atoms with Crippen LogP contribution in [-0.2, 0) is 0 Å². The average Bonchev–Trinajstić information content (AvgIpc) is 2.74. The van der Waals surface area contributed by atoms with Gasteiger partial charge < -0.3 is 10.6 Å². The summed E-state index contributed by atoms with van der Waals surface area (Å²) >= 11 is 0. The van der Waals surface area contributed by atoms with Gasteiger partial charge in [0, 0.05) is 13.1 Å². The van der Waals surface area contributed by atoms with Gasteiger partial charge >= 0.3 is 6.03 Å².